The SMILES string of the molecule is C[C@@H](Oc1ccc(CNC(=O)c2ccnc(CC(=O)C3CC3)c2)cn1)C(F)(F)F. The maximum Gasteiger partial charge on any atom is 0.425 e. The first-order valence-electron chi connectivity index (χ1n) is 9.16. The third-order valence-electron chi connectivity index (χ3n) is 4.48. The third kappa shape index (κ3) is 6.00. The molecule has 29 heavy (non-hydrogen) atoms. The molecule has 9 heteroatoms. The van der Waals surface area contributed by atoms with Gasteiger partial charge in [-0.05, 0) is 37.5 Å². The van der Waals surface area contributed by atoms with Crippen molar-refractivity contribution in [1.29, 1.82) is 0 Å². The van der Waals surface area contributed by atoms with Crippen LogP contribution >= 0.6 is 0 Å². The van der Waals surface area contributed by atoms with Crippen LogP contribution in [0.3, 0.4) is 0 Å². The zero-order valence-electron chi connectivity index (χ0n) is 15.7. The molecule has 1 amide bonds. The molecule has 154 valence electrons. The average Bonchev–Trinajstić information content (AvgIpc) is 3.52. The molecule has 2 aromatic rings. The van der Waals surface area contributed by atoms with Crippen molar-refractivity contribution in [2.75, 3.05) is 0 Å². The Bertz CT molecular complexity index is 881. The van der Waals surface area contributed by atoms with E-state index in [0.717, 1.165) is 19.8 Å². The Morgan fingerprint density at radius 2 is 2.00 bits per heavy atom. The van der Waals surface area contributed by atoms with Crippen LogP contribution in [0.4, 0.5) is 13.2 Å². The first kappa shape index (κ1) is 20.8. The highest BCUT2D eigenvalue weighted by Gasteiger charge is 2.38. The van der Waals surface area contributed by atoms with E-state index in [1.54, 1.807) is 12.1 Å². The minimum atomic E-state index is -4.47. The van der Waals surface area contributed by atoms with Crippen molar-refractivity contribution < 1.29 is 27.5 Å². The summed E-state index contributed by atoms with van der Waals surface area (Å²) in [5.74, 6) is -0.223. The molecule has 0 spiro atoms. The lowest BCUT2D eigenvalue weighted by Crippen LogP contribution is -2.31. The molecular weight excluding hydrogens is 387 g/mol. The number of pyridine rings is 2. The summed E-state index contributed by atoms with van der Waals surface area (Å²) in [4.78, 5) is 32.2. The molecule has 1 aliphatic carbocycles. The van der Waals surface area contributed by atoms with Crippen molar-refractivity contribution >= 4 is 11.7 Å². The van der Waals surface area contributed by atoms with Gasteiger partial charge >= 0.3 is 6.18 Å². The van der Waals surface area contributed by atoms with Gasteiger partial charge in [0.1, 0.15) is 5.78 Å². The summed E-state index contributed by atoms with van der Waals surface area (Å²) in [6, 6.07) is 5.98. The van der Waals surface area contributed by atoms with Gasteiger partial charge in [0.2, 0.25) is 5.88 Å². The number of hydrogen-bond acceptors (Lipinski definition) is 5. The fourth-order valence-corrected chi connectivity index (χ4v) is 2.56. The summed E-state index contributed by atoms with van der Waals surface area (Å²) in [5, 5.41) is 2.70. The quantitative estimate of drug-likeness (QED) is 0.727. The van der Waals surface area contributed by atoms with Gasteiger partial charge in [-0.2, -0.15) is 13.2 Å². The van der Waals surface area contributed by atoms with Crippen LogP contribution in [-0.2, 0) is 17.8 Å². The highest BCUT2D eigenvalue weighted by Crippen LogP contribution is 2.30. The number of halogens is 3. The van der Waals surface area contributed by atoms with Crippen molar-refractivity contribution in [1.82, 2.24) is 15.3 Å². The second-order valence-electron chi connectivity index (χ2n) is 6.94. The molecule has 1 saturated carbocycles. The monoisotopic (exact) mass is 407 g/mol. The molecule has 3 rings (SSSR count). The van der Waals surface area contributed by atoms with E-state index in [1.807, 2.05) is 0 Å². The van der Waals surface area contributed by atoms with Crippen LogP contribution < -0.4 is 10.1 Å². The zero-order valence-corrected chi connectivity index (χ0v) is 15.7. The van der Waals surface area contributed by atoms with Gasteiger partial charge in [0.25, 0.3) is 5.91 Å². The smallest absolute Gasteiger partial charge is 0.425 e. The molecule has 1 fully saturated rings. The number of carbonyl (C=O) groups excluding carboxylic acids is 2. The number of ketones is 1. The Balaban J connectivity index is 1.53. The minimum Gasteiger partial charge on any atom is -0.465 e. The molecule has 0 unspecified atom stereocenters. The number of nitrogens with zero attached hydrogens (tertiary/aromatic N) is 2. The van der Waals surface area contributed by atoms with Gasteiger partial charge in [0, 0.05) is 48.6 Å². The number of aromatic nitrogens is 2. The lowest BCUT2D eigenvalue weighted by molar-refractivity contribution is -0.189. The number of nitrogens with one attached hydrogen (secondary N) is 1. The van der Waals surface area contributed by atoms with E-state index < -0.39 is 12.3 Å². The van der Waals surface area contributed by atoms with Crippen molar-refractivity contribution in [2.45, 2.75) is 45.0 Å². The van der Waals surface area contributed by atoms with Gasteiger partial charge in [-0.25, -0.2) is 4.98 Å². The highest BCUT2D eigenvalue weighted by atomic mass is 19.4. The topological polar surface area (TPSA) is 81.2 Å². The number of ether oxygens (including phenoxy) is 1. The Hall–Kier alpha value is -2.97. The molecular formula is C20H20F3N3O3. The standard InChI is InChI=1S/C20H20F3N3O3/c1-12(20(21,22)23)29-18-5-2-13(10-25-18)11-26-19(28)15-6-7-24-16(8-15)9-17(27)14-3-4-14/h2,5-8,10,12,14H,3-4,9,11H2,1H3,(H,26,28)/t12-/m1/s1. The summed E-state index contributed by atoms with van der Waals surface area (Å²) in [7, 11) is 0. The molecule has 1 N–H and O–H groups in total. The number of rotatable bonds is 8. The number of carbonyl (C=O) groups is 2. The van der Waals surface area contributed by atoms with Crippen LogP contribution in [0.15, 0.2) is 36.7 Å². The number of amides is 1. The molecule has 1 aliphatic rings. The van der Waals surface area contributed by atoms with Crippen molar-refractivity contribution in [3.05, 3.63) is 53.5 Å². The molecule has 0 radical (unpaired) electrons. The molecule has 0 aromatic carbocycles. The van der Waals surface area contributed by atoms with Gasteiger partial charge in [0.15, 0.2) is 6.10 Å². The molecule has 0 saturated heterocycles. The first-order valence-corrected chi connectivity index (χ1v) is 9.16. The Morgan fingerprint density at radius 3 is 2.62 bits per heavy atom. The highest BCUT2D eigenvalue weighted by molar-refractivity contribution is 5.94. The van der Waals surface area contributed by atoms with Crippen LogP contribution in [0.25, 0.3) is 0 Å². The normalized spacial score (nSPS) is 14.9. The Kier molecular flexibility index (Phi) is 6.14. The van der Waals surface area contributed by atoms with Crippen molar-refractivity contribution in [3.63, 3.8) is 0 Å². The van der Waals surface area contributed by atoms with Crippen LogP contribution in [0.1, 0.15) is 41.4 Å². The van der Waals surface area contributed by atoms with E-state index in [1.165, 1.54) is 24.5 Å². The summed E-state index contributed by atoms with van der Waals surface area (Å²) >= 11 is 0. The van der Waals surface area contributed by atoms with E-state index in [-0.39, 0.29) is 36.5 Å². The van der Waals surface area contributed by atoms with Crippen LogP contribution in [0.5, 0.6) is 5.88 Å². The van der Waals surface area contributed by atoms with E-state index >= 15 is 0 Å². The maximum absolute atomic E-state index is 12.5. The fraction of sp³-hybridized carbons (Fsp3) is 0.400. The molecule has 6 nitrogen and oxygen atoms in total. The first-order chi connectivity index (χ1) is 13.7. The molecule has 2 aromatic heterocycles. The van der Waals surface area contributed by atoms with E-state index in [0.29, 0.717) is 16.8 Å². The third-order valence-corrected chi connectivity index (χ3v) is 4.48. The van der Waals surface area contributed by atoms with Gasteiger partial charge in [0.05, 0.1) is 0 Å². The molecule has 0 aliphatic heterocycles. The minimum absolute atomic E-state index is 0.132. The molecule has 2 heterocycles. The van der Waals surface area contributed by atoms with Crippen LogP contribution in [-0.4, -0.2) is 33.9 Å². The lowest BCUT2D eigenvalue weighted by atomic mass is 10.1. The summed E-state index contributed by atoms with van der Waals surface area (Å²) in [6.07, 6.45) is -1.55. The van der Waals surface area contributed by atoms with Crippen molar-refractivity contribution in [2.24, 2.45) is 5.92 Å². The zero-order chi connectivity index (χ0) is 21.0. The summed E-state index contributed by atoms with van der Waals surface area (Å²) < 4.78 is 42.2. The summed E-state index contributed by atoms with van der Waals surface area (Å²) in [6.45, 7) is 1.04. The number of hydrogen-bond donors (Lipinski definition) is 1. The summed E-state index contributed by atoms with van der Waals surface area (Å²) in [5.41, 5.74) is 1.53. The largest absolute Gasteiger partial charge is 0.465 e. The van der Waals surface area contributed by atoms with Crippen molar-refractivity contribution in [3.8, 4) is 5.88 Å². The predicted molar refractivity (Wildman–Crippen MR) is 97.2 cm³/mol. The van der Waals surface area contributed by atoms with E-state index in [4.69, 9.17) is 4.74 Å². The Morgan fingerprint density at radius 1 is 1.24 bits per heavy atom. The van der Waals surface area contributed by atoms with Gasteiger partial charge in [-0.3, -0.25) is 14.6 Å². The Labute approximate surface area is 165 Å². The number of alkyl halides is 3. The molecule has 1 atom stereocenters. The van der Waals surface area contributed by atoms with E-state index in [9.17, 15) is 22.8 Å². The lowest BCUT2D eigenvalue weighted by Gasteiger charge is -2.16. The maximum atomic E-state index is 12.5. The van der Waals surface area contributed by atoms with Crippen LogP contribution in [0, 0.1) is 5.92 Å². The van der Waals surface area contributed by atoms with Gasteiger partial charge < -0.3 is 10.1 Å². The second kappa shape index (κ2) is 8.59. The molecule has 0 bridgehead atoms. The fourth-order valence-electron chi connectivity index (χ4n) is 2.56. The van der Waals surface area contributed by atoms with Gasteiger partial charge in [-0.15, -0.1) is 0 Å². The number of Topliss-reactive ketones (excluding diaryl/α,β-unsaturated/α-hetero) is 1. The van der Waals surface area contributed by atoms with Gasteiger partial charge in [-0.1, -0.05) is 6.07 Å². The van der Waals surface area contributed by atoms with Crippen LogP contribution in [0.2, 0.25) is 0 Å². The van der Waals surface area contributed by atoms with E-state index in [2.05, 4.69) is 15.3 Å². The average molecular weight is 407 g/mol. The predicted octanol–water partition coefficient (Wildman–Crippen LogP) is 3.26. The second-order valence-corrected chi connectivity index (χ2v) is 6.94.